The van der Waals surface area contributed by atoms with Crippen molar-refractivity contribution in [2.24, 2.45) is 4.40 Å². The first-order valence-corrected chi connectivity index (χ1v) is 6.61. The molecule has 2 amide bonds. The number of amides is 2. The minimum Gasteiger partial charge on any atom is -0.399 e. The van der Waals surface area contributed by atoms with Crippen molar-refractivity contribution in [1.29, 1.82) is 0 Å². The van der Waals surface area contributed by atoms with Gasteiger partial charge in [0.2, 0.25) is 17.8 Å². The van der Waals surface area contributed by atoms with Crippen LogP contribution in [0.15, 0.2) is 33.6 Å². The van der Waals surface area contributed by atoms with E-state index in [1.807, 2.05) is 0 Å². The summed E-state index contributed by atoms with van der Waals surface area (Å²) in [6.45, 7) is 0. The van der Waals surface area contributed by atoms with E-state index in [4.69, 9.17) is 5.73 Å². The van der Waals surface area contributed by atoms with Crippen LogP contribution in [0, 0.1) is 0 Å². The fourth-order valence-corrected chi connectivity index (χ4v) is 2.30. The van der Waals surface area contributed by atoms with Gasteiger partial charge >= 0.3 is 0 Å². The van der Waals surface area contributed by atoms with Crippen LogP contribution < -0.4 is 16.4 Å². The Kier molecular flexibility index (Phi) is 3.21. The summed E-state index contributed by atoms with van der Waals surface area (Å²) < 4.78 is 27.1. The molecule has 2 rings (SSSR count). The fraction of sp³-hybridized carbons (Fsp3) is 0.100. The highest BCUT2D eigenvalue weighted by molar-refractivity contribution is 7.90. The number of rotatable bonds is 2. The van der Waals surface area contributed by atoms with Crippen LogP contribution in [-0.4, -0.2) is 26.2 Å². The molecule has 1 aromatic carbocycles. The van der Waals surface area contributed by atoms with Crippen molar-refractivity contribution in [3.63, 3.8) is 0 Å². The van der Waals surface area contributed by atoms with Crippen molar-refractivity contribution >= 4 is 33.5 Å². The molecule has 0 bridgehead atoms. The zero-order valence-corrected chi connectivity index (χ0v) is 10.4. The number of carbonyl (C=O) groups is 2. The molecule has 0 aliphatic carbocycles. The number of sulfonamides is 1. The molecule has 1 aliphatic rings. The Morgan fingerprint density at radius 3 is 2.11 bits per heavy atom. The monoisotopic (exact) mass is 282 g/mol. The number of hydrogen-bond acceptors (Lipinski definition) is 5. The Balaban J connectivity index is 2.32. The second-order valence-electron chi connectivity index (χ2n) is 3.76. The van der Waals surface area contributed by atoms with Gasteiger partial charge in [0.25, 0.3) is 10.0 Å². The lowest BCUT2D eigenvalue weighted by Crippen LogP contribution is -2.51. The van der Waals surface area contributed by atoms with E-state index in [1.165, 1.54) is 24.3 Å². The topological polar surface area (TPSA) is 131 Å². The van der Waals surface area contributed by atoms with E-state index in [-0.39, 0.29) is 11.3 Å². The van der Waals surface area contributed by atoms with Gasteiger partial charge in [0.1, 0.15) is 6.42 Å². The SMILES string of the molecule is Nc1ccc(S(=O)(=O)N=C2NC(=O)CC(=O)N2)cc1. The van der Waals surface area contributed by atoms with Gasteiger partial charge in [-0.05, 0) is 24.3 Å². The molecule has 1 heterocycles. The molecule has 19 heavy (non-hydrogen) atoms. The van der Waals surface area contributed by atoms with Gasteiger partial charge in [-0.3, -0.25) is 20.2 Å². The van der Waals surface area contributed by atoms with Crippen molar-refractivity contribution < 1.29 is 18.0 Å². The van der Waals surface area contributed by atoms with Crippen molar-refractivity contribution in [3.8, 4) is 0 Å². The molecule has 0 atom stereocenters. The van der Waals surface area contributed by atoms with E-state index >= 15 is 0 Å². The number of nitrogens with two attached hydrogens (primary N) is 1. The largest absolute Gasteiger partial charge is 0.399 e. The van der Waals surface area contributed by atoms with Crippen LogP contribution in [0.25, 0.3) is 0 Å². The maximum atomic E-state index is 11.9. The third kappa shape index (κ3) is 3.07. The summed E-state index contributed by atoms with van der Waals surface area (Å²) in [5.41, 5.74) is 5.85. The zero-order chi connectivity index (χ0) is 14.0. The fourth-order valence-electron chi connectivity index (χ4n) is 1.39. The van der Waals surface area contributed by atoms with E-state index in [0.29, 0.717) is 5.69 Å². The standard InChI is InChI=1S/C10H10N4O4S/c11-6-1-3-7(4-2-6)19(17,18)14-10-12-8(15)5-9(16)13-10/h1-4H,5,11H2,(H2,12,13,14,15,16). The lowest BCUT2D eigenvalue weighted by atomic mass is 10.3. The molecule has 0 saturated carbocycles. The Morgan fingerprint density at radius 2 is 1.58 bits per heavy atom. The number of hydrogen-bond donors (Lipinski definition) is 3. The Bertz CT molecular complexity index is 645. The smallest absolute Gasteiger partial charge is 0.285 e. The molecule has 1 fully saturated rings. The van der Waals surface area contributed by atoms with Gasteiger partial charge < -0.3 is 5.73 Å². The van der Waals surface area contributed by atoms with Crippen LogP contribution >= 0.6 is 0 Å². The molecule has 1 aliphatic heterocycles. The van der Waals surface area contributed by atoms with Gasteiger partial charge in [-0.2, -0.15) is 8.42 Å². The first kappa shape index (κ1) is 13.0. The number of nitrogen functional groups attached to an aromatic ring is 1. The van der Waals surface area contributed by atoms with Crippen LogP contribution in [-0.2, 0) is 19.6 Å². The number of benzene rings is 1. The van der Waals surface area contributed by atoms with E-state index in [0.717, 1.165) is 0 Å². The normalized spacial score (nSPS) is 15.7. The van der Waals surface area contributed by atoms with Crippen LogP contribution in [0.3, 0.4) is 0 Å². The average Bonchev–Trinajstić information content (AvgIpc) is 2.27. The summed E-state index contributed by atoms with van der Waals surface area (Å²) >= 11 is 0. The van der Waals surface area contributed by atoms with Gasteiger partial charge in [-0.25, -0.2) is 0 Å². The van der Waals surface area contributed by atoms with Crippen LogP contribution in [0.1, 0.15) is 6.42 Å². The summed E-state index contributed by atoms with van der Waals surface area (Å²) in [5, 5.41) is 4.32. The quantitative estimate of drug-likeness (QED) is 0.470. The molecule has 1 saturated heterocycles. The molecule has 0 aromatic heterocycles. The zero-order valence-electron chi connectivity index (χ0n) is 9.58. The van der Waals surface area contributed by atoms with E-state index in [2.05, 4.69) is 15.0 Å². The maximum Gasteiger partial charge on any atom is 0.285 e. The van der Waals surface area contributed by atoms with Crippen LogP contribution in [0.4, 0.5) is 5.69 Å². The minimum atomic E-state index is -4.02. The van der Waals surface area contributed by atoms with Crippen molar-refractivity contribution in [1.82, 2.24) is 10.6 Å². The van der Waals surface area contributed by atoms with Crippen LogP contribution in [0.2, 0.25) is 0 Å². The molecule has 0 radical (unpaired) electrons. The number of carbonyl (C=O) groups excluding carboxylic acids is 2. The third-order valence-corrected chi connectivity index (χ3v) is 3.52. The minimum absolute atomic E-state index is 0.0942. The predicted molar refractivity (Wildman–Crippen MR) is 66.4 cm³/mol. The van der Waals surface area contributed by atoms with E-state index < -0.39 is 27.8 Å². The Labute approximate surface area is 108 Å². The molecule has 8 nitrogen and oxygen atoms in total. The molecule has 100 valence electrons. The average molecular weight is 282 g/mol. The Morgan fingerprint density at radius 1 is 1.05 bits per heavy atom. The highest BCUT2D eigenvalue weighted by Gasteiger charge is 2.23. The van der Waals surface area contributed by atoms with Gasteiger partial charge in [0, 0.05) is 5.69 Å². The second kappa shape index (κ2) is 4.69. The van der Waals surface area contributed by atoms with Crippen LogP contribution in [0.5, 0.6) is 0 Å². The highest BCUT2D eigenvalue weighted by atomic mass is 32.2. The van der Waals surface area contributed by atoms with E-state index in [1.54, 1.807) is 0 Å². The molecule has 4 N–H and O–H groups in total. The lowest BCUT2D eigenvalue weighted by Gasteiger charge is -2.14. The third-order valence-electron chi connectivity index (χ3n) is 2.23. The summed E-state index contributed by atoms with van der Waals surface area (Å²) in [5.74, 6) is -1.64. The number of anilines is 1. The lowest BCUT2D eigenvalue weighted by molar-refractivity contribution is -0.129. The van der Waals surface area contributed by atoms with Gasteiger partial charge in [-0.15, -0.1) is 4.40 Å². The van der Waals surface area contributed by atoms with E-state index in [9.17, 15) is 18.0 Å². The summed E-state index contributed by atoms with van der Waals surface area (Å²) in [7, 11) is -4.02. The van der Waals surface area contributed by atoms with Gasteiger partial charge in [0.05, 0.1) is 4.90 Å². The second-order valence-corrected chi connectivity index (χ2v) is 5.36. The maximum absolute atomic E-state index is 11.9. The highest BCUT2D eigenvalue weighted by Crippen LogP contribution is 2.14. The predicted octanol–water partition coefficient (Wildman–Crippen LogP) is -1.05. The van der Waals surface area contributed by atoms with Crippen molar-refractivity contribution in [3.05, 3.63) is 24.3 Å². The molecule has 9 heteroatoms. The first-order valence-electron chi connectivity index (χ1n) is 5.17. The molecular weight excluding hydrogens is 272 g/mol. The molecule has 0 spiro atoms. The molecular formula is C10H10N4O4S. The molecule has 0 unspecified atom stereocenters. The first-order chi connectivity index (χ1) is 8.87. The van der Waals surface area contributed by atoms with Gasteiger partial charge in [0.15, 0.2) is 0 Å². The van der Waals surface area contributed by atoms with Gasteiger partial charge in [-0.1, -0.05) is 0 Å². The molecule has 1 aromatic rings. The van der Waals surface area contributed by atoms with Crippen molar-refractivity contribution in [2.45, 2.75) is 11.3 Å². The number of nitrogens with zero attached hydrogens (tertiary/aromatic N) is 1. The number of guanidine groups is 1. The summed E-state index contributed by atoms with van der Waals surface area (Å²) in [4.78, 5) is 22.1. The summed E-state index contributed by atoms with van der Waals surface area (Å²) in [6.07, 6.45) is -0.360. The van der Waals surface area contributed by atoms with Crippen molar-refractivity contribution in [2.75, 3.05) is 5.73 Å². The number of nitrogens with one attached hydrogen (secondary N) is 2. The summed E-state index contributed by atoms with van der Waals surface area (Å²) in [6, 6.07) is 5.37. The Hall–Kier alpha value is -2.42.